The van der Waals surface area contributed by atoms with Gasteiger partial charge in [-0.1, -0.05) is 18.2 Å². The van der Waals surface area contributed by atoms with Crippen molar-refractivity contribution in [2.24, 2.45) is 0 Å². The van der Waals surface area contributed by atoms with Crippen molar-refractivity contribution in [1.82, 2.24) is 20.4 Å². The summed E-state index contributed by atoms with van der Waals surface area (Å²) in [5, 5.41) is 8.77. The summed E-state index contributed by atoms with van der Waals surface area (Å²) in [6.45, 7) is 3.63. The third-order valence-corrected chi connectivity index (χ3v) is 6.04. The molecule has 3 atom stereocenters. The number of carbonyl (C=O) groups excluding carboxylic acids is 3. The molecule has 3 fully saturated rings. The Morgan fingerprint density at radius 1 is 1.17 bits per heavy atom. The molecular weight excluding hydrogens is 386 g/mol. The lowest BCUT2D eigenvalue weighted by Crippen LogP contribution is -2.58. The molecule has 0 saturated carbocycles. The number of anilines is 1. The van der Waals surface area contributed by atoms with E-state index in [-0.39, 0.29) is 36.0 Å². The molecule has 3 N–H and O–H groups in total. The van der Waals surface area contributed by atoms with Crippen LogP contribution in [0.5, 0.6) is 0 Å². The number of fused-ring (bicyclic) bond motifs is 1. The van der Waals surface area contributed by atoms with Crippen molar-refractivity contribution < 1.29 is 19.1 Å². The maximum Gasteiger partial charge on any atom is 0.319 e. The molecule has 0 spiro atoms. The highest BCUT2D eigenvalue weighted by molar-refractivity contribution is 5.89. The minimum absolute atomic E-state index is 0.00137. The number of benzene rings is 1. The van der Waals surface area contributed by atoms with E-state index in [4.69, 9.17) is 4.74 Å². The number of carbonyl (C=O) groups is 3. The number of hydrogen-bond acceptors (Lipinski definition) is 5. The third kappa shape index (κ3) is 4.91. The lowest BCUT2D eigenvalue weighted by Gasteiger charge is -2.37. The van der Waals surface area contributed by atoms with Crippen LogP contribution in [0.15, 0.2) is 30.3 Å². The van der Waals surface area contributed by atoms with Gasteiger partial charge in [0.05, 0.1) is 19.3 Å². The highest BCUT2D eigenvalue weighted by Gasteiger charge is 2.43. The quantitative estimate of drug-likeness (QED) is 0.646. The lowest BCUT2D eigenvalue weighted by atomic mass is 10.0. The fraction of sp³-hybridized carbons (Fsp3) is 0.571. The number of nitrogens with one attached hydrogen (secondary N) is 3. The monoisotopic (exact) mass is 415 g/mol. The van der Waals surface area contributed by atoms with Gasteiger partial charge in [-0.2, -0.15) is 0 Å². The standard InChI is InChI=1S/C21H29N5O4/c27-19(25-8-10-30-11-9-25)7-6-17-13-22-20(28)18-12-16(14-26(17)18)24-21(29)23-15-4-2-1-3-5-15/h1-5,16-18H,6-14H2,(H,22,28)(H2,23,24,29). The highest BCUT2D eigenvalue weighted by Crippen LogP contribution is 2.26. The average Bonchev–Trinajstić information content (AvgIpc) is 3.19. The number of ether oxygens (including phenoxy) is 1. The summed E-state index contributed by atoms with van der Waals surface area (Å²) in [7, 11) is 0. The molecule has 3 aliphatic rings. The second-order valence-corrected chi connectivity index (χ2v) is 8.04. The Kier molecular flexibility index (Phi) is 6.49. The minimum atomic E-state index is -0.273. The molecule has 3 aliphatic heterocycles. The molecule has 0 radical (unpaired) electrons. The topological polar surface area (TPSA) is 103 Å². The van der Waals surface area contributed by atoms with Gasteiger partial charge in [-0.15, -0.1) is 0 Å². The first kappa shape index (κ1) is 20.6. The Morgan fingerprint density at radius 3 is 2.70 bits per heavy atom. The molecule has 4 rings (SSSR count). The normalized spacial score (nSPS) is 26.6. The molecule has 0 aromatic heterocycles. The maximum atomic E-state index is 12.5. The van der Waals surface area contributed by atoms with E-state index in [1.165, 1.54) is 0 Å². The number of amides is 4. The highest BCUT2D eigenvalue weighted by atomic mass is 16.5. The number of morpholine rings is 1. The summed E-state index contributed by atoms with van der Waals surface area (Å²) in [6.07, 6.45) is 1.72. The van der Waals surface area contributed by atoms with Gasteiger partial charge >= 0.3 is 6.03 Å². The van der Waals surface area contributed by atoms with Gasteiger partial charge in [0.2, 0.25) is 11.8 Å². The van der Waals surface area contributed by atoms with Gasteiger partial charge in [-0.3, -0.25) is 14.5 Å². The van der Waals surface area contributed by atoms with Crippen molar-refractivity contribution in [3.8, 4) is 0 Å². The second-order valence-electron chi connectivity index (χ2n) is 8.04. The number of para-hydroxylation sites is 1. The molecule has 1 aromatic rings. The molecule has 9 nitrogen and oxygen atoms in total. The number of piperazine rings is 1. The summed E-state index contributed by atoms with van der Waals surface area (Å²) >= 11 is 0. The van der Waals surface area contributed by atoms with Gasteiger partial charge in [0.25, 0.3) is 0 Å². The van der Waals surface area contributed by atoms with E-state index in [2.05, 4.69) is 20.9 Å². The van der Waals surface area contributed by atoms with Crippen LogP contribution in [0.3, 0.4) is 0 Å². The first-order chi connectivity index (χ1) is 14.6. The van der Waals surface area contributed by atoms with Crippen LogP contribution >= 0.6 is 0 Å². The molecule has 30 heavy (non-hydrogen) atoms. The fourth-order valence-corrected chi connectivity index (χ4v) is 4.48. The maximum absolute atomic E-state index is 12.5. The molecule has 162 valence electrons. The van der Waals surface area contributed by atoms with E-state index in [9.17, 15) is 14.4 Å². The summed E-state index contributed by atoms with van der Waals surface area (Å²) in [5.74, 6) is 0.140. The van der Waals surface area contributed by atoms with E-state index in [1.807, 2.05) is 35.2 Å². The summed E-state index contributed by atoms with van der Waals surface area (Å²) < 4.78 is 5.30. The van der Waals surface area contributed by atoms with Crippen LogP contribution in [0, 0.1) is 0 Å². The molecule has 0 bridgehead atoms. The van der Waals surface area contributed by atoms with Crippen LogP contribution < -0.4 is 16.0 Å². The Bertz CT molecular complexity index is 768. The second kappa shape index (κ2) is 9.44. The predicted molar refractivity (Wildman–Crippen MR) is 111 cm³/mol. The smallest absolute Gasteiger partial charge is 0.319 e. The van der Waals surface area contributed by atoms with E-state index >= 15 is 0 Å². The predicted octanol–water partition coefficient (Wildman–Crippen LogP) is 0.388. The molecule has 3 saturated heterocycles. The van der Waals surface area contributed by atoms with Gasteiger partial charge < -0.3 is 25.6 Å². The third-order valence-electron chi connectivity index (χ3n) is 6.04. The number of rotatable bonds is 5. The molecule has 4 amide bonds. The van der Waals surface area contributed by atoms with Crippen LogP contribution in [0.4, 0.5) is 10.5 Å². The molecule has 9 heteroatoms. The van der Waals surface area contributed by atoms with Crippen molar-refractivity contribution in [2.75, 3.05) is 44.7 Å². The number of nitrogens with zero attached hydrogens (tertiary/aromatic N) is 2. The Hall–Kier alpha value is -2.65. The molecule has 0 aliphatic carbocycles. The van der Waals surface area contributed by atoms with Crippen molar-refractivity contribution in [3.63, 3.8) is 0 Å². The number of urea groups is 1. The zero-order chi connectivity index (χ0) is 20.9. The van der Waals surface area contributed by atoms with Crippen molar-refractivity contribution in [2.45, 2.75) is 37.4 Å². The summed E-state index contributed by atoms with van der Waals surface area (Å²) in [6, 6.07) is 8.72. The van der Waals surface area contributed by atoms with Crippen molar-refractivity contribution >= 4 is 23.5 Å². The largest absolute Gasteiger partial charge is 0.378 e. The molecule has 3 unspecified atom stereocenters. The van der Waals surface area contributed by atoms with Crippen LogP contribution in [-0.4, -0.2) is 85.2 Å². The molecule has 3 heterocycles. The van der Waals surface area contributed by atoms with Gasteiger partial charge in [0.15, 0.2) is 0 Å². The first-order valence-electron chi connectivity index (χ1n) is 10.6. The van der Waals surface area contributed by atoms with Crippen LogP contribution in [0.25, 0.3) is 0 Å². The van der Waals surface area contributed by atoms with E-state index in [0.29, 0.717) is 58.7 Å². The van der Waals surface area contributed by atoms with Crippen molar-refractivity contribution in [1.29, 1.82) is 0 Å². The summed E-state index contributed by atoms with van der Waals surface area (Å²) in [5.41, 5.74) is 0.725. The van der Waals surface area contributed by atoms with E-state index < -0.39 is 0 Å². The Morgan fingerprint density at radius 2 is 1.93 bits per heavy atom. The van der Waals surface area contributed by atoms with Gasteiger partial charge in [0, 0.05) is 50.4 Å². The lowest BCUT2D eigenvalue weighted by molar-refractivity contribution is -0.136. The summed E-state index contributed by atoms with van der Waals surface area (Å²) in [4.78, 5) is 41.2. The van der Waals surface area contributed by atoms with Crippen LogP contribution in [0.1, 0.15) is 19.3 Å². The van der Waals surface area contributed by atoms with Crippen LogP contribution in [0.2, 0.25) is 0 Å². The zero-order valence-electron chi connectivity index (χ0n) is 17.0. The Labute approximate surface area is 176 Å². The van der Waals surface area contributed by atoms with Gasteiger partial charge in [0.1, 0.15) is 0 Å². The van der Waals surface area contributed by atoms with E-state index in [0.717, 1.165) is 5.69 Å². The molecular formula is C21H29N5O4. The Balaban J connectivity index is 1.29. The minimum Gasteiger partial charge on any atom is -0.378 e. The van der Waals surface area contributed by atoms with E-state index in [1.54, 1.807) is 0 Å². The average molecular weight is 415 g/mol. The fourth-order valence-electron chi connectivity index (χ4n) is 4.48. The van der Waals surface area contributed by atoms with Crippen LogP contribution in [-0.2, 0) is 14.3 Å². The van der Waals surface area contributed by atoms with Crippen molar-refractivity contribution in [3.05, 3.63) is 30.3 Å². The number of hydrogen-bond donors (Lipinski definition) is 3. The first-order valence-corrected chi connectivity index (χ1v) is 10.6. The zero-order valence-corrected chi connectivity index (χ0v) is 17.0. The van der Waals surface area contributed by atoms with Gasteiger partial charge in [-0.25, -0.2) is 4.79 Å². The molecule has 1 aromatic carbocycles. The van der Waals surface area contributed by atoms with Gasteiger partial charge in [-0.05, 0) is 25.0 Å². The SMILES string of the molecule is O=C(Nc1ccccc1)NC1CC2C(=O)NCC(CCC(=O)N3CCOCC3)N2C1.